The number of carbonyl (C=O) groups is 2. The van der Waals surface area contributed by atoms with Gasteiger partial charge in [-0.25, -0.2) is 14.8 Å². The highest BCUT2D eigenvalue weighted by Crippen LogP contribution is 2.49. The fourth-order valence-electron chi connectivity index (χ4n) is 6.02. The average molecular weight is 478 g/mol. The number of carboxylic acid groups (broad SMARTS) is 1. The molecule has 184 valence electrons. The number of nitrogens with one attached hydrogen (secondary N) is 2. The second-order valence-electron chi connectivity index (χ2n) is 10.7. The van der Waals surface area contributed by atoms with Gasteiger partial charge in [0, 0.05) is 55.7 Å². The molecule has 0 radical (unpaired) electrons. The van der Waals surface area contributed by atoms with Gasteiger partial charge in [0.15, 0.2) is 6.17 Å². The molecule has 3 N–H and O–H groups in total. The Kier molecular flexibility index (Phi) is 5.10. The summed E-state index contributed by atoms with van der Waals surface area (Å²) in [6, 6.07) is 3.61. The first kappa shape index (κ1) is 22.1. The van der Waals surface area contributed by atoms with Gasteiger partial charge in [-0.3, -0.25) is 9.80 Å². The number of carboxylic acids is 1. The van der Waals surface area contributed by atoms with Crippen molar-refractivity contribution in [1.29, 1.82) is 0 Å². The Morgan fingerprint density at radius 1 is 1.26 bits per heavy atom. The summed E-state index contributed by atoms with van der Waals surface area (Å²) in [4.78, 5) is 37.2. The van der Waals surface area contributed by atoms with Crippen LogP contribution < -0.4 is 15.6 Å². The number of amides is 1. The Hall–Kier alpha value is -3.40. The predicted octanol–water partition coefficient (Wildman–Crippen LogP) is 1.55. The van der Waals surface area contributed by atoms with Crippen LogP contribution in [0.5, 0.6) is 0 Å². The predicted molar refractivity (Wildman–Crippen MR) is 130 cm³/mol. The molecule has 1 aromatic rings. The number of hydrazine groups is 1. The van der Waals surface area contributed by atoms with E-state index in [-0.39, 0.29) is 23.1 Å². The molecule has 2 atom stereocenters. The standard InChI is InChI=1S/C25H31N7O3/c1-15-4-6-30(11-15)19-7-16(2)22-28-21(29-32(22)12-19)23(33)27-17-9-25(10-17)13-31(14-25)18-3-5-26-20(8-18)24(34)35/h3,5,7-8,12,15,17,21,29H,4,6,9-11,13-14H2,1-2H3,(H,27,33)(H,34,35). The van der Waals surface area contributed by atoms with Crippen LogP contribution in [0.3, 0.4) is 0 Å². The molecule has 5 aliphatic rings. The summed E-state index contributed by atoms with van der Waals surface area (Å²) in [5.74, 6) is 0.390. The number of nitrogens with zero attached hydrogens (tertiary/aromatic N) is 5. The second-order valence-corrected chi connectivity index (χ2v) is 10.7. The molecule has 1 spiro atoms. The summed E-state index contributed by atoms with van der Waals surface area (Å²) >= 11 is 0. The van der Waals surface area contributed by atoms with Gasteiger partial charge in [0.2, 0.25) is 0 Å². The molecular weight excluding hydrogens is 446 g/mol. The topological polar surface area (TPSA) is 113 Å². The lowest BCUT2D eigenvalue weighted by Crippen LogP contribution is -2.67. The van der Waals surface area contributed by atoms with Crippen molar-refractivity contribution in [3.8, 4) is 0 Å². The van der Waals surface area contributed by atoms with Crippen molar-refractivity contribution in [3.63, 3.8) is 0 Å². The summed E-state index contributed by atoms with van der Waals surface area (Å²) < 4.78 is 0. The van der Waals surface area contributed by atoms with Gasteiger partial charge in [-0.05, 0) is 55.9 Å². The Labute approximate surface area is 204 Å². The minimum atomic E-state index is -1.02. The van der Waals surface area contributed by atoms with Gasteiger partial charge in [0.05, 0.1) is 5.70 Å². The Morgan fingerprint density at radius 2 is 2.06 bits per heavy atom. The number of hydrogen-bond acceptors (Lipinski definition) is 8. The van der Waals surface area contributed by atoms with Crippen molar-refractivity contribution in [2.75, 3.05) is 31.1 Å². The SMILES string of the molecule is CC1=CC(N2CCC(C)C2)=CN2NC(C(=O)NC3CC4(C3)CN(c3ccnc(C(=O)O)c3)C4)N=C12. The third-order valence-corrected chi connectivity index (χ3v) is 7.84. The Morgan fingerprint density at radius 3 is 2.77 bits per heavy atom. The number of fused-ring (bicyclic) bond motifs is 1. The normalized spacial score (nSPS) is 27.0. The molecule has 0 bridgehead atoms. The van der Waals surface area contributed by atoms with Gasteiger partial charge >= 0.3 is 5.97 Å². The lowest BCUT2D eigenvalue weighted by molar-refractivity contribution is -0.126. The number of aromatic carboxylic acids is 1. The van der Waals surface area contributed by atoms with Crippen LogP contribution in [-0.2, 0) is 4.79 Å². The Bertz CT molecular complexity index is 1160. The Balaban J connectivity index is 1.01. The maximum Gasteiger partial charge on any atom is 0.354 e. The molecule has 1 aromatic heterocycles. The molecule has 3 fully saturated rings. The zero-order valence-corrected chi connectivity index (χ0v) is 20.1. The number of aliphatic imine (C=N–C) groups is 1. The molecule has 1 amide bonds. The van der Waals surface area contributed by atoms with Crippen LogP contribution in [0.15, 0.2) is 46.9 Å². The monoisotopic (exact) mass is 477 g/mol. The summed E-state index contributed by atoms with van der Waals surface area (Å²) in [7, 11) is 0. The van der Waals surface area contributed by atoms with Crippen molar-refractivity contribution in [2.45, 2.75) is 45.3 Å². The molecule has 2 saturated heterocycles. The van der Waals surface area contributed by atoms with Gasteiger partial charge in [0.25, 0.3) is 5.91 Å². The van der Waals surface area contributed by atoms with Crippen molar-refractivity contribution in [2.24, 2.45) is 16.3 Å². The summed E-state index contributed by atoms with van der Waals surface area (Å²) in [5, 5.41) is 14.2. The van der Waals surface area contributed by atoms with Crippen LogP contribution in [0.2, 0.25) is 0 Å². The van der Waals surface area contributed by atoms with Crippen molar-refractivity contribution in [1.82, 2.24) is 25.6 Å². The van der Waals surface area contributed by atoms with Crippen LogP contribution in [0, 0.1) is 11.3 Å². The van der Waals surface area contributed by atoms with Crippen LogP contribution in [0.25, 0.3) is 0 Å². The van der Waals surface area contributed by atoms with Crippen molar-refractivity contribution in [3.05, 3.63) is 47.6 Å². The van der Waals surface area contributed by atoms with Gasteiger partial charge in [-0.2, -0.15) is 5.43 Å². The average Bonchev–Trinajstić information content (AvgIpc) is 3.41. The molecule has 35 heavy (non-hydrogen) atoms. The third kappa shape index (κ3) is 3.95. The lowest BCUT2D eigenvalue weighted by Gasteiger charge is -2.60. The van der Waals surface area contributed by atoms with Crippen LogP contribution in [0.1, 0.15) is 43.6 Å². The van der Waals surface area contributed by atoms with E-state index in [2.05, 4.69) is 43.5 Å². The number of amidine groups is 1. The number of likely N-dealkylation sites (tertiary alicyclic amines) is 1. The van der Waals surface area contributed by atoms with E-state index in [1.54, 1.807) is 6.07 Å². The quantitative estimate of drug-likeness (QED) is 0.586. The molecule has 5 heterocycles. The fourth-order valence-corrected chi connectivity index (χ4v) is 6.02. The second kappa shape index (κ2) is 8.08. The third-order valence-electron chi connectivity index (χ3n) is 7.84. The minimum absolute atomic E-state index is 0.0613. The van der Waals surface area contributed by atoms with Crippen molar-refractivity contribution >= 4 is 23.4 Å². The number of anilines is 1. The summed E-state index contributed by atoms with van der Waals surface area (Å²) in [5.41, 5.74) is 6.61. The molecule has 1 aliphatic carbocycles. The largest absolute Gasteiger partial charge is 0.477 e. The van der Waals surface area contributed by atoms with E-state index >= 15 is 0 Å². The first-order chi connectivity index (χ1) is 16.8. The fraction of sp³-hybridized carbons (Fsp3) is 0.520. The van der Waals surface area contributed by atoms with Crippen molar-refractivity contribution < 1.29 is 14.7 Å². The maximum absolute atomic E-state index is 13.0. The highest BCUT2D eigenvalue weighted by molar-refractivity contribution is 6.03. The highest BCUT2D eigenvalue weighted by Gasteiger charge is 2.53. The number of pyridine rings is 1. The van der Waals surface area contributed by atoms with Gasteiger partial charge in [-0.1, -0.05) is 6.92 Å². The van der Waals surface area contributed by atoms with Gasteiger partial charge in [-0.15, -0.1) is 0 Å². The molecule has 10 nitrogen and oxygen atoms in total. The first-order valence-corrected chi connectivity index (χ1v) is 12.3. The molecule has 1 saturated carbocycles. The number of carbonyl (C=O) groups excluding carboxylic acids is 1. The number of rotatable bonds is 5. The van der Waals surface area contributed by atoms with Gasteiger partial charge < -0.3 is 20.2 Å². The number of aromatic nitrogens is 1. The summed E-state index contributed by atoms with van der Waals surface area (Å²) in [6.45, 7) is 8.17. The van der Waals surface area contributed by atoms with E-state index in [0.29, 0.717) is 5.92 Å². The zero-order valence-electron chi connectivity index (χ0n) is 20.1. The lowest BCUT2D eigenvalue weighted by atomic mass is 9.60. The molecular formula is C25H31N7O3. The highest BCUT2D eigenvalue weighted by atomic mass is 16.4. The zero-order chi connectivity index (χ0) is 24.3. The van der Waals surface area contributed by atoms with E-state index in [4.69, 9.17) is 5.11 Å². The van der Waals surface area contributed by atoms with E-state index < -0.39 is 12.1 Å². The molecule has 4 aliphatic heterocycles. The molecule has 0 aromatic carbocycles. The molecule has 2 unspecified atom stereocenters. The van der Waals surface area contributed by atoms with E-state index in [0.717, 1.165) is 56.1 Å². The van der Waals surface area contributed by atoms with Crippen LogP contribution >= 0.6 is 0 Å². The van der Waals surface area contributed by atoms with E-state index in [9.17, 15) is 9.59 Å². The first-order valence-electron chi connectivity index (χ1n) is 12.3. The van der Waals surface area contributed by atoms with Crippen LogP contribution in [-0.4, -0.2) is 76.1 Å². The van der Waals surface area contributed by atoms with E-state index in [1.165, 1.54) is 18.3 Å². The van der Waals surface area contributed by atoms with E-state index in [1.807, 2.05) is 24.2 Å². The number of hydrogen-bond donors (Lipinski definition) is 3. The smallest absolute Gasteiger partial charge is 0.354 e. The van der Waals surface area contributed by atoms with Gasteiger partial charge in [0.1, 0.15) is 11.5 Å². The maximum atomic E-state index is 13.0. The summed E-state index contributed by atoms with van der Waals surface area (Å²) in [6.07, 6.45) is 8.18. The number of allylic oxidation sites excluding steroid dienone is 1. The molecule has 6 rings (SSSR count). The minimum Gasteiger partial charge on any atom is -0.477 e. The van der Waals surface area contributed by atoms with Crippen LogP contribution in [0.4, 0.5) is 5.69 Å². The molecule has 10 heteroatoms.